The van der Waals surface area contributed by atoms with Crippen LogP contribution < -0.4 is 0 Å². The minimum absolute atomic E-state index is 0. The Kier molecular flexibility index (Phi) is 2.99. The van der Waals surface area contributed by atoms with Crippen LogP contribution in [0.25, 0.3) is 0 Å². The van der Waals surface area contributed by atoms with Gasteiger partial charge in [0.2, 0.25) is 0 Å². The van der Waals surface area contributed by atoms with Crippen molar-refractivity contribution in [3.8, 4) is 0 Å². The van der Waals surface area contributed by atoms with Crippen LogP contribution >= 0.6 is 0 Å². The van der Waals surface area contributed by atoms with Crippen molar-refractivity contribution in [3.05, 3.63) is 0 Å². The first-order chi connectivity index (χ1) is 6.69. The number of hydrogen-bond acceptors (Lipinski definition) is 3. The Bertz CT molecular complexity index is 411. The van der Waals surface area contributed by atoms with E-state index in [0.29, 0.717) is 12.8 Å². The molecule has 94 valence electrons. The van der Waals surface area contributed by atoms with Gasteiger partial charge in [-0.1, -0.05) is 13.8 Å². The predicted molar refractivity (Wildman–Crippen MR) is 58.6 cm³/mol. The number of carbonyl (C=O) groups is 1. The highest BCUT2D eigenvalue weighted by Crippen LogP contribution is 2.64. The average Bonchev–Trinajstić information content (AvgIpc) is 2.34. The van der Waals surface area contributed by atoms with Gasteiger partial charge in [0.25, 0.3) is 10.1 Å². The molecular formula is C10H18O5S. The molecule has 0 aliphatic heterocycles. The molecule has 2 fully saturated rings. The highest BCUT2D eigenvalue weighted by Gasteiger charge is 2.65. The molecule has 2 bridgehead atoms. The van der Waals surface area contributed by atoms with Crippen LogP contribution in [0.3, 0.4) is 0 Å². The maximum Gasteiger partial charge on any atom is 0.265 e. The first-order valence-corrected chi connectivity index (χ1v) is 6.78. The average molecular weight is 250 g/mol. The molecule has 3 N–H and O–H groups in total. The fourth-order valence-corrected chi connectivity index (χ4v) is 4.72. The molecule has 0 unspecified atom stereocenters. The topological polar surface area (TPSA) is 103 Å². The number of rotatable bonds is 2. The number of fused-ring (bicyclic) bond motifs is 2. The minimum Gasteiger partial charge on any atom is -0.412 e. The highest BCUT2D eigenvalue weighted by atomic mass is 32.2. The molecule has 0 amide bonds. The van der Waals surface area contributed by atoms with Crippen LogP contribution in [0.1, 0.15) is 33.1 Å². The van der Waals surface area contributed by atoms with Gasteiger partial charge >= 0.3 is 0 Å². The van der Waals surface area contributed by atoms with E-state index in [-0.39, 0.29) is 22.6 Å². The molecular weight excluding hydrogens is 232 g/mol. The Hall–Kier alpha value is -0.460. The molecule has 2 saturated carbocycles. The minimum atomic E-state index is -4.08. The standard InChI is InChI=1S/C10H16O4S.H2O/c1-9(2)7-3-4-10(9,8(11)5-7)6-15(12,13)14;/h7H,3-6H2,1-2H3,(H,12,13,14);1H2/t7-,10-;/m0./s1. The summed E-state index contributed by atoms with van der Waals surface area (Å²) in [6, 6.07) is 0. The van der Waals surface area contributed by atoms with E-state index in [1.165, 1.54) is 0 Å². The van der Waals surface area contributed by atoms with Gasteiger partial charge in [-0.2, -0.15) is 8.42 Å². The van der Waals surface area contributed by atoms with Crippen LogP contribution in [0.2, 0.25) is 0 Å². The summed E-state index contributed by atoms with van der Waals surface area (Å²) < 4.78 is 31.0. The lowest BCUT2D eigenvalue weighted by atomic mass is 9.70. The van der Waals surface area contributed by atoms with Gasteiger partial charge in [-0.15, -0.1) is 0 Å². The fourth-order valence-electron chi connectivity index (χ4n) is 3.42. The van der Waals surface area contributed by atoms with Crippen LogP contribution in [0.15, 0.2) is 0 Å². The molecule has 0 saturated heterocycles. The molecule has 2 aliphatic carbocycles. The van der Waals surface area contributed by atoms with E-state index in [2.05, 4.69) is 0 Å². The van der Waals surface area contributed by atoms with Crippen molar-refractivity contribution in [1.29, 1.82) is 0 Å². The zero-order valence-electron chi connectivity index (χ0n) is 9.49. The van der Waals surface area contributed by atoms with E-state index >= 15 is 0 Å². The third kappa shape index (κ3) is 1.59. The Labute approximate surface area is 95.3 Å². The normalized spacial score (nSPS) is 36.2. The molecule has 16 heavy (non-hydrogen) atoms. The largest absolute Gasteiger partial charge is 0.412 e. The molecule has 2 atom stereocenters. The lowest BCUT2D eigenvalue weighted by Crippen LogP contribution is -2.42. The quantitative estimate of drug-likeness (QED) is 0.718. The van der Waals surface area contributed by atoms with Gasteiger partial charge < -0.3 is 5.48 Å². The third-order valence-corrected chi connectivity index (χ3v) is 5.43. The zero-order valence-corrected chi connectivity index (χ0v) is 10.3. The number of ketones is 1. The van der Waals surface area contributed by atoms with Crippen LogP contribution in [-0.4, -0.2) is 30.0 Å². The van der Waals surface area contributed by atoms with Crippen LogP contribution in [0.5, 0.6) is 0 Å². The predicted octanol–water partition coefficient (Wildman–Crippen LogP) is 0.445. The number of carbonyl (C=O) groups excluding carboxylic acids is 1. The number of Topliss-reactive ketones (excluding diaryl/α,β-unsaturated/α-hetero) is 1. The number of hydrogen-bond donors (Lipinski definition) is 1. The van der Waals surface area contributed by atoms with E-state index in [1.54, 1.807) is 0 Å². The van der Waals surface area contributed by atoms with Gasteiger partial charge in [0.05, 0.1) is 11.2 Å². The lowest BCUT2D eigenvalue weighted by molar-refractivity contribution is -0.128. The maximum absolute atomic E-state index is 11.9. The fraction of sp³-hybridized carbons (Fsp3) is 0.900. The second-order valence-electron chi connectivity index (χ2n) is 5.39. The van der Waals surface area contributed by atoms with Crippen molar-refractivity contribution in [1.82, 2.24) is 0 Å². The molecule has 2 aliphatic rings. The van der Waals surface area contributed by atoms with Gasteiger partial charge in [-0.25, -0.2) is 0 Å². The summed E-state index contributed by atoms with van der Waals surface area (Å²) in [7, 11) is -4.08. The van der Waals surface area contributed by atoms with Crippen molar-refractivity contribution in [2.24, 2.45) is 16.7 Å². The Balaban J connectivity index is 0.00000128. The zero-order chi connectivity index (χ0) is 11.5. The molecule has 0 heterocycles. The van der Waals surface area contributed by atoms with Gasteiger partial charge in [0.1, 0.15) is 5.78 Å². The van der Waals surface area contributed by atoms with Crippen LogP contribution in [0.4, 0.5) is 0 Å². The molecule has 0 radical (unpaired) electrons. The van der Waals surface area contributed by atoms with Crippen LogP contribution in [-0.2, 0) is 14.9 Å². The first-order valence-electron chi connectivity index (χ1n) is 5.17. The Morgan fingerprint density at radius 1 is 1.44 bits per heavy atom. The Morgan fingerprint density at radius 2 is 2.00 bits per heavy atom. The summed E-state index contributed by atoms with van der Waals surface area (Å²) >= 11 is 0. The van der Waals surface area contributed by atoms with Crippen molar-refractivity contribution >= 4 is 15.9 Å². The maximum atomic E-state index is 11.9. The summed E-state index contributed by atoms with van der Waals surface area (Å²) in [5.74, 6) is -0.101. The van der Waals surface area contributed by atoms with E-state index in [1.807, 2.05) is 13.8 Å². The van der Waals surface area contributed by atoms with Gasteiger partial charge in [-0.3, -0.25) is 9.35 Å². The summed E-state index contributed by atoms with van der Waals surface area (Å²) in [5, 5.41) is 0. The van der Waals surface area contributed by atoms with Gasteiger partial charge in [0.15, 0.2) is 0 Å². The van der Waals surface area contributed by atoms with E-state index in [0.717, 1.165) is 6.42 Å². The lowest BCUT2D eigenvalue weighted by Gasteiger charge is -2.35. The Morgan fingerprint density at radius 3 is 2.31 bits per heavy atom. The van der Waals surface area contributed by atoms with Crippen molar-refractivity contribution in [2.75, 3.05) is 5.75 Å². The molecule has 2 rings (SSSR count). The van der Waals surface area contributed by atoms with Crippen LogP contribution in [0, 0.1) is 16.7 Å². The smallest absolute Gasteiger partial charge is 0.265 e. The first kappa shape index (κ1) is 13.6. The van der Waals surface area contributed by atoms with Gasteiger partial charge in [-0.05, 0) is 24.2 Å². The molecule has 5 nitrogen and oxygen atoms in total. The van der Waals surface area contributed by atoms with E-state index < -0.39 is 21.3 Å². The SMILES string of the molecule is CC1(C)[C@H]2CC[C@]1(CS(=O)(=O)O)C(=O)C2.O. The molecule has 6 heteroatoms. The van der Waals surface area contributed by atoms with E-state index in [9.17, 15) is 13.2 Å². The molecule has 0 aromatic carbocycles. The monoisotopic (exact) mass is 250 g/mol. The summed E-state index contributed by atoms with van der Waals surface area (Å²) in [4.78, 5) is 11.9. The summed E-state index contributed by atoms with van der Waals surface area (Å²) in [6.07, 6.45) is 1.97. The second kappa shape index (κ2) is 3.51. The van der Waals surface area contributed by atoms with Crippen molar-refractivity contribution in [2.45, 2.75) is 33.1 Å². The summed E-state index contributed by atoms with van der Waals surface area (Å²) in [5.41, 5.74) is -1.12. The highest BCUT2D eigenvalue weighted by molar-refractivity contribution is 7.85. The molecule has 0 spiro atoms. The molecule has 0 aromatic rings. The third-order valence-electron chi connectivity index (χ3n) is 4.57. The molecule has 0 aromatic heterocycles. The second-order valence-corrected chi connectivity index (χ2v) is 6.85. The van der Waals surface area contributed by atoms with Crippen molar-refractivity contribution < 1.29 is 23.2 Å². The van der Waals surface area contributed by atoms with Crippen molar-refractivity contribution in [3.63, 3.8) is 0 Å². The van der Waals surface area contributed by atoms with Gasteiger partial charge in [0, 0.05) is 6.42 Å². The van der Waals surface area contributed by atoms with E-state index in [4.69, 9.17) is 4.55 Å². The summed E-state index contributed by atoms with van der Waals surface area (Å²) in [6.45, 7) is 3.89.